The van der Waals surface area contributed by atoms with Crippen LogP contribution in [0.5, 0.6) is 5.75 Å². The van der Waals surface area contributed by atoms with Crippen molar-refractivity contribution in [3.8, 4) is 16.9 Å². The number of methoxy groups -OCH3 is 1. The second-order valence-corrected chi connectivity index (χ2v) is 8.48. The van der Waals surface area contributed by atoms with Gasteiger partial charge in [-0.1, -0.05) is 36.4 Å². The number of nitrogens with zero attached hydrogens (tertiary/aromatic N) is 2. The standard InChI is InChI=1S/C24H29N3O4/c1-15(2)25-24(30)26-12-20-23(21(14-28)27(20)22(29)13-26)18-6-4-16(5-7-18)17-8-10-19(31-3)11-9-17/h4-11,15,20-21,23,28H,12-14H2,1-3H3,(H,25,30)/t20-,21+,23+/m1/s1. The molecule has 0 aliphatic carbocycles. The van der Waals surface area contributed by atoms with E-state index in [9.17, 15) is 14.7 Å². The van der Waals surface area contributed by atoms with E-state index in [1.165, 1.54) is 0 Å². The number of nitrogens with one attached hydrogen (secondary N) is 1. The monoisotopic (exact) mass is 423 g/mol. The first-order valence-electron chi connectivity index (χ1n) is 10.6. The number of fused-ring (bicyclic) bond motifs is 1. The first-order chi connectivity index (χ1) is 14.9. The molecule has 0 spiro atoms. The van der Waals surface area contributed by atoms with Crippen molar-refractivity contribution in [1.82, 2.24) is 15.1 Å². The van der Waals surface area contributed by atoms with Gasteiger partial charge in [0.05, 0.1) is 25.8 Å². The van der Waals surface area contributed by atoms with Crippen LogP contribution in [0.1, 0.15) is 25.3 Å². The first-order valence-corrected chi connectivity index (χ1v) is 10.6. The van der Waals surface area contributed by atoms with E-state index < -0.39 is 0 Å². The Bertz CT molecular complexity index is 942. The largest absolute Gasteiger partial charge is 0.497 e. The van der Waals surface area contributed by atoms with Crippen molar-refractivity contribution in [2.24, 2.45) is 0 Å². The Morgan fingerprint density at radius 1 is 1.13 bits per heavy atom. The summed E-state index contributed by atoms with van der Waals surface area (Å²) in [5.41, 5.74) is 3.24. The van der Waals surface area contributed by atoms with Gasteiger partial charge in [0, 0.05) is 18.5 Å². The highest BCUT2D eigenvalue weighted by Gasteiger charge is 2.54. The summed E-state index contributed by atoms with van der Waals surface area (Å²) in [5, 5.41) is 12.8. The van der Waals surface area contributed by atoms with Crippen molar-refractivity contribution < 1.29 is 19.4 Å². The average Bonchev–Trinajstić information content (AvgIpc) is 2.75. The number of carbonyl (C=O) groups excluding carboxylic acids is 2. The second-order valence-electron chi connectivity index (χ2n) is 8.48. The molecule has 3 amide bonds. The third-order valence-electron chi connectivity index (χ3n) is 6.17. The lowest BCUT2D eigenvalue weighted by Crippen LogP contribution is -2.74. The van der Waals surface area contributed by atoms with E-state index in [0.29, 0.717) is 6.54 Å². The molecule has 2 fully saturated rings. The number of aliphatic hydroxyl groups excluding tert-OH is 1. The molecule has 2 aliphatic heterocycles. The number of urea groups is 1. The quantitative estimate of drug-likeness (QED) is 0.774. The Hall–Kier alpha value is -3.06. The van der Waals surface area contributed by atoms with Crippen molar-refractivity contribution in [2.75, 3.05) is 26.8 Å². The van der Waals surface area contributed by atoms with Crippen LogP contribution in [0.25, 0.3) is 11.1 Å². The Labute approximate surface area is 182 Å². The smallest absolute Gasteiger partial charge is 0.318 e. The van der Waals surface area contributed by atoms with Crippen LogP contribution >= 0.6 is 0 Å². The van der Waals surface area contributed by atoms with E-state index in [0.717, 1.165) is 22.4 Å². The zero-order valence-corrected chi connectivity index (χ0v) is 18.1. The number of ether oxygens (including phenoxy) is 1. The molecule has 7 heteroatoms. The fraction of sp³-hybridized carbons (Fsp3) is 0.417. The SMILES string of the molecule is COc1ccc(-c2ccc([C@H]3[C@H]4CN(C(=O)NC(C)C)CC(=O)N4[C@H]3CO)cc2)cc1. The third-order valence-corrected chi connectivity index (χ3v) is 6.17. The van der Waals surface area contributed by atoms with Crippen molar-refractivity contribution in [2.45, 2.75) is 37.9 Å². The Balaban J connectivity index is 1.53. The molecule has 0 saturated carbocycles. The topological polar surface area (TPSA) is 82.1 Å². The molecule has 3 atom stereocenters. The summed E-state index contributed by atoms with van der Waals surface area (Å²) in [7, 11) is 1.65. The normalized spacial score (nSPS) is 22.7. The third kappa shape index (κ3) is 3.97. The number of piperazine rings is 1. The van der Waals surface area contributed by atoms with Gasteiger partial charge in [-0.05, 0) is 42.7 Å². The molecular weight excluding hydrogens is 394 g/mol. The Morgan fingerprint density at radius 3 is 2.29 bits per heavy atom. The van der Waals surface area contributed by atoms with Gasteiger partial charge in [0.25, 0.3) is 0 Å². The Morgan fingerprint density at radius 2 is 1.74 bits per heavy atom. The summed E-state index contributed by atoms with van der Waals surface area (Å²) in [6.45, 7) is 4.22. The fourth-order valence-corrected chi connectivity index (χ4v) is 4.67. The minimum atomic E-state index is -0.250. The van der Waals surface area contributed by atoms with Gasteiger partial charge < -0.3 is 25.0 Å². The minimum absolute atomic E-state index is 0.00600. The van der Waals surface area contributed by atoms with Crippen LogP contribution in [0.15, 0.2) is 48.5 Å². The zero-order chi connectivity index (χ0) is 22.1. The number of hydrogen-bond donors (Lipinski definition) is 2. The summed E-state index contributed by atoms with van der Waals surface area (Å²) in [6, 6.07) is 15.5. The van der Waals surface area contributed by atoms with Crippen molar-refractivity contribution >= 4 is 11.9 Å². The maximum atomic E-state index is 12.7. The molecule has 0 radical (unpaired) electrons. The van der Waals surface area contributed by atoms with Crippen molar-refractivity contribution in [3.63, 3.8) is 0 Å². The van der Waals surface area contributed by atoms with Crippen LogP contribution in [0.2, 0.25) is 0 Å². The molecule has 0 aromatic heterocycles. The van der Waals surface area contributed by atoms with E-state index in [-0.39, 0.29) is 49.1 Å². The average molecular weight is 424 g/mol. The lowest BCUT2D eigenvalue weighted by Gasteiger charge is -2.58. The van der Waals surface area contributed by atoms with Gasteiger partial charge in [0.15, 0.2) is 0 Å². The van der Waals surface area contributed by atoms with Gasteiger partial charge >= 0.3 is 6.03 Å². The molecule has 2 aromatic carbocycles. The fourth-order valence-electron chi connectivity index (χ4n) is 4.67. The number of carbonyl (C=O) groups is 2. The highest BCUT2D eigenvalue weighted by molar-refractivity contribution is 5.87. The molecule has 2 saturated heterocycles. The predicted octanol–water partition coefficient (Wildman–Crippen LogP) is 2.45. The summed E-state index contributed by atoms with van der Waals surface area (Å²) in [4.78, 5) is 28.5. The minimum Gasteiger partial charge on any atom is -0.497 e. The predicted molar refractivity (Wildman–Crippen MR) is 118 cm³/mol. The molecule has 2 heterocycles. The van der Waals surface area contributed by atoms with Crippen LogP contribution in [-0.4, -0.2) is 71.8 Å². The molecule has 31 heavy (non-hydrogen) atoms. The van der Waals surface area contributed by atoms with E-state index in [1.54, 1.807) is 16.9 Å². The molecule has 2 aliphatic rings. The van der Waals surface area contributed by atoms with E-state index in [4.69, 9.17) is 4.74 Å². The summed E-state index contributed by atoms with van der Waals surface area (Å²) in [6.07, 6.45) is 0. The number of aliphatic hydroxyl groups is 1. The van der Waals surface area contributed by atoms with Crippen molar-refractivity contribution in [3.05, 3.63) is 54.1 Å². The van der Waals surface area contributed by atoms with Crippen LogP contribution in [0, 0.1) is 0 Å². The lowest BCUT2D eigenvalue weighted by molar-refractivity contribution is -0.159. The van der Waals surface area contributed by atoms with Crippen molar-refractivity contribution in [1.29, 1.82) is 0 Å². The Kier molecular flexibility index (Phi) is 5.87. The van der Waals surface area contributed by atoms with Crippen LogP contribution in [0.4, 0.5) is 4.79 Å². The number of rotatable bonds is 5. The molecule has 4 rings (SSSR count). The van der Waals surface area contributed by atoms with E-state index >= 15 is 0 Å². The van der Waals surface area contributed by atoms with Gasteiger partial charge in [-0.15, -0.1) is 0 Å². The molecule has 2 aromatic rings. The maximum Gasteiger partial charge on any atom is 0.318 e. The summed E-state index contributed by atoms with van der Waals surface area (Å²) in [5.74, 6) is 0.697. The zero-order valence-electron chi connectivity index (χ0n) is 18.1. The van der Waals surface area contributed by atoms with Gasteiger partial charge in [0.2, 0.25) is 5.91 Å². The van der Waals surface area contributed by atoms with Gasteiger partial charge in [0.1, 0.15) is 12.3 Å². The molecule has 164 valence electrons. The number of amides is 3. The number of hydrogen-bond acceptors (Lipinski definition) is 4. The van der Waals surface area contributed by atoms with Gasteiger partial charge in [-0.3, -0.25) is 4.79 Å². The maximum absolute atomic E-state index is 12.7. The van der Waals surface area contributed by atoms with Gasteiger partial charge in [-0.25, -0.2) is 4.79 Å². The van der Waals surface area contributed by atoms with Gasteiger partial charge in [-0.2, -0.15) is 0 Å². The molecule has 0 bridgehead atoms. The second kappa shape index (κ2) is 8.59. The van der Waals surface area contributed by atoms with E-state index in [2.05, 4.69) is 29.6 Å². The summed E-state index contributed by atoms with van der Waals surface area (Å²) >= 11 is 0. The van der Waals surface area contributed by atoms with E-state index in [1.807, 2.05) is 38.1 Å². The van der Waals surface area contributed by atoms with Crippen LogP contribution in [-0.2, 0) is 4.79 Å². The van der Waals surface area contributed by atoms with Crippen LogP contribution < -0.4 is 10.1 Å². The lowest BCUT2D eigenvalue weighted by atomic mass is 9.73. The highest BCUT2D eigenvalue weighted by Crippen LogP contribution is 2.43. The molecule has 0 unspecified atom stereocenters. The summed E-state index contributed by atoms with van der Waals surface area (Å²) < 4.78 is 5.22. The molecule has 2 N–H and O–H groups in total. The highest BCUT2D eigenvalue weighted by atomic mass is 16.5. The first kappa shape index (κ1) is 21.2. The van der Waals surface area contributed by atoms with Crippen LogP contribution in [0.3, 0.4) is 0 Å². The molecular formula is C24H29N3O4. The molecule has 7 nitrogen and oxygen atoms in total. The number of benzene rings is 2.